The lowest BCUT2D eigenvalue weighted by Crippen LogP contribution is -2.42. The molecule has 0 atom stereocenters. The van der Waals surface area contributed by atoms with Crippen LogP contribution in [-0.2, 0) is 17.2 Å². The van der Waals surface area contributed by atoms with Gasteiger partial charge in [0.2, 0.25) is 0 Å². The van der Waals surface area contributed by atoms with E-state index in [2.05, 4.69) is 16.5 Å². The number of halogens is 1. The second-order valence-electron chi connectivity index (χ2n) is 5.75. The van der Waals surface area contributed by atoms with Gasteiger partial charge in [-0.2, -0.15) is 0 Å². The fourth-order valence-corrected chi connectivity index (χ4v) is 3.93. The average Bonchev–Trinajstić information content (AvgIpc) is 2.57. The first-order chi connectivity index (χ1) is 11.5. The molecule has 0 radical (unpaired) electrons. The van der Waals surface area contributed by atoms with Gasteiger partial charge >= 0.3 is 5.56 Å². The summed E-state index contributed by atoms with van der Waals surface area (Å²) in [5, 5.41) is 0. The Bertz CT molecular complexity index is 643. The van der Waals surface area contributed by atoms with Crippen LogP contribution in [0, 0.1) is 0 Å². The van der Waals surface area contributed by atoms with Crippen molar-refractivity contribution in [1.29, 1.82) is 0 Å². The highest BCUT2D eigenvalue weighted by Crippen LogP contribution is 2.14. The van der Waals surface area contributed by atoms with E-state index in [0.717, 1.165) is 23.5 Å². The molecule has 1 fully saturated rings. The lowest BCUT2D eigenvalue weighted by Gasteiger charge is -2.27. The van der Waals surface area contributed by atoms with Crippen molar-refractivity contribution in [1.82, 2.24) is 13.9 Å². The second kappa shape index (κ2) is 9.33. The maximum atomic E-state index is 13.1. The zero-order valence-electron chi connectivity index (χ0n) is 13.8. The zero-order chi connectivity index (χ0) is 17.5. The minimum Gasteiger partial charge on any atom is -0.350 e. The van der Waals surface area contributed by atoms with Crippen molar-refractivity contribution >= 4 is 29.0 Å². The molecule has 1 aromatic heterocycles. The van der Waals surface area contributed by atoms with E-state index in [0.29, 0.717) is 36.7 Å². The molecular weight excluding hydrogens is 351 g/mol. The molecule has 0 saturated carbocycles. The van der Waals surface area contributed by atoms with Gasteiger partial charge < -0.3 is 9.80 Å². The predicted molar refractivity (Wildman–Crippen MR) is 98.7 cm³/mol. The van der Waals surface area contributed by atoms with E-state index >= 15 is 0 Å². The number of aryl methyl sites for hydroxylation is 1. The normalized spacial score (nSPS) is 15.9. The van der Waals surface area contributed by atoms with E-state index in [1.807, 2.05) is 18.0 Å². The predicted octanol–water partition coefficient (Wildman–Crippen LogP) is 1.24. The molecule has 0 aliphatic carbocycles. The van der Waals surface area contributed by atoms with Gasteiger partial charge in [0.05, 0.1) is 5.69 Å². The average molecular weight is 375 g/mol. The van der Waals surface area contributed by atoms with E-state index in [-0.39, 0.29) is 18.2 Å². The first-order valence-electron chi connectivity index (χ1n) is 7.86. The van der Waals surface area contributed by atoms with E-state index < -0.39 is 16.4 Å². The molecule has 2 heterocycles. The van der Waals surface area contributed by atoms with Crippen molar-refractivity contribution in [3.63, 3.8) is 0 Å². The monoisotopic (exact) mass is 374 g/mol. The first-order valence-corrected chi connectivity index (χ1v) is 10.0. The third-order valence-electron chi connectivity index (χ3n) is 3.87. The molecule has 0 N–H and O–H groups in total. The number of rotatable bonds is 8. The van der Waals surface area contributed by atoms with Crippen LogP contribution in [0.15, 0.2) is 23.6 Å². The largest absolute Gasteiger partial charge is 0.350 e. The topological polar surface area (TPSA) is 58.4 Å². The summed E-state index contributed by atoms with van der Waals surface area (Å²) in [6.45, 7) is 6.40. The molecule has 1 aromatic rings. The van der Waals surface area contributed by atoms with Crippen LogP contribution in [0.5, 0.6) is 0 Å². The number of hydrogen-bond acceptors (Lipinski definition) is 6. The van der Waals surface area contributed by atoms with E-state index in [9.17, 15) is 12.9 Å². The molecule has 2 rings (SSSR count). The van der Waals surface area contributed by atoms with Crippen molar-refractivity contribution < 1.29 is 8.09 Å². The molecule has 0 aromatic carbocycles. The summed E-state index contributed by atoms with van der Waals surface area (Å²) < 4.78 is 25.6. The molecule has 0 bridgehead atoms. The SMILES string of the molecule is C=CCN(C)CCCc1cn(SF)c(=O)c(N2CCS(=O)CC2)n1. The highest BCUT2D eigenvalue weighted by Gasteiger charge is 2.21. The highest BCUT2D eigenvalue weighted by molar-refractivity contribution is 7.92. The first kappa shape index (κ1) is 19.1. The summed E-state index contributed by atoms with van der Waals surface area (Å²) >= 11 is -0.110. The summed E-state index contributed by atoms with van der Waals surface area (Å²) in [5.41, 5.74) is 0.233. The number of anilines is 1. The van der Waals surface area contributed by atoms with Gasteiger partial charge in [0.1, 0.15) is 0 Å². The summed E-state index contributed by atoms with van der Waals surface area (Å²) in [7, 11) is 1.17. The van der Waals surface area contributed by atoms with Crippen LogP contribution >= 0.6 is 12.3 Å². The van der Waals surface area contributed by atoms with Crippen molar-refractivity contribution in [2.75, 3.05) is 49.6 Å². The highest BCUT2D eigenvalue weighted by atomic mass is 32.2. The number of hydrogen-bond donors (Lipinski definition) is 0. The Morgan fingerprint density at radius 1 is 1.50 bits per heavy atom. The Morgan fingerprint density at radius 3 is 2.83 bits per heavy atom. The minimum absolute atomic E-state index is 0.110. The number of aromatic nitrogens is 2. The van der Waals surface area contributed by atoms with Crippen molar-refractivity contribution in [2.45, 2.75) is 12.8 Å². The van der Waals surface area contributed by atoms with Gasteiger partial charge in [0.15, 0.2) is 18.2 Å². The zero-order valence-corrected chi connectivity index (χ0v) is 15.5. The van der Waals surface area contributed by atoms with Gasteiger partial charge in [0.25, 0.3) is 0 Å². The smallest absolute Gasteiger partial charge is 0.305 e. The van der Waals surface area contributed by atoms with Gasteiger partial charge in [0, 0.05) is 48.1 Å². The summed E-state index contributed by atoms with van der Waals surface area (Å²) in [4.78, 5) is 20.7. The molecule has 1 aliphatic rings. The van der Waals surface area contributed by atoms with Crippen LogP contribution in [0.25, 0.3) is 0 Å². The maximum Gasteiger partial charge on any atom is 0.305 e. The lowest BCUT2D eigenvalue weighted by molar-refractivity contribution is 0.363. The third-order valence-corrected chi connectivity index (χ3v) is 5.57. The number of nitrogens with zero attached hydrogens (tertiary/aromatic N) is 4. The van der Waals surface area contributed by atoms with Gasteiger partial charge in [-0.15, -0.1) is 10.5 Å². The lowest BCUT2D eigenvalue weighted by atomic mass is 10.2. The Kier molecular flexibility index (Phi) is 7.44. The van der Waals surface area contributed by atoms with Crippen molar-refractivity contribution in [2.24, 2.45) is 0 Å². The van der Waals surface area contributed by atoms with E-state index in [1.165, 1.54) is 6.20 Å². The molecule has 134 valence electrons. The third kappa shape index (κ3) is 5.15. The van der Waals surface area contributed by atoms with Crippen LogP contribution in [0.4, 0.5) is 9.70 Å². The maximum absolute atomic E-state index is 13.1. The van der Waals surface area contributed by atoms with E-state index in [1.54, 1.807) is 0 Å². The van der Waals surface area contributed by atoms with Gasteiger partial charge in [-0.1, -0.05) is 6.08 Å². The van der Waals surface area contributed by atoms with Crippen LogP contribution in [0.3, 0.4) is 0 Å². The molecule has 9 heteroatoms. The van der Waals surface area contributed by atoms with Crippen molar-refractivity contribution in [3.05, 3.63) is 34.9 Å². The van der Waals surface area contributed by atoms with Gasteiger partial charge in [-0.25, -0.2) is 8.96 Å². The molecule has 0 spiro atoms. The molecule has 0 amide bonds. The van der Waals surface area contributed by atoms with Crippen LogP contribution < -0.4 is 10.5 Å². The van der Waals surface area contributed by atoms with Crippen molar-refractivity contribution in [3.8, 4) is 0 Å². The number of likely N-dealkylation sites (N-methyl/N-ethyl adjacent to an activating group) is 1. The molecule has 1 saturated heterocycles. The standard InChI is InChI=1S/C15H23FN4O2S2/c1-3-6-18(2)7-4-5-13-12-20(23-16)15(21)14(17-13)19-8-10-24(22)11-9-19/h3,12H,1,4-11H2,2H3. The summed E-state index contributed by atoms with van der Waals surface area (Å²) in [6.07, 6.45) is 4.83. The van der Waals surface area contributed by atoms with Crippen LogP contribution in [0.1, 0.15) is 12.1 Å². The molecule has 24 heavy (non-hydrogen) atoms. The Labute approximate surface area is 148 Å². The van der Waals surface area contributed by atoms with Gasteiger partial charge in [-0.05, 0) is 26.4 Å². The fourth-order valence-electron chi connectivity index (χ4n) is 2.57. The van der Waals surface area contributed by atoms with Gasteiger partial charge in [-0.3, -0.25) is 9.00 Å². The summed E-state index contributed by atoms with van der Waals surface area (Å²) in [5.74, 6) is 1.29. The Balaban J connectivity index is 2.11. The molecule has 0 unspecified atom stereocenters. The van der Waals surface area contributed by atoms with Crippen LogP contribution in [0.2, 0.25) is 0 Å². The second-order valence-corrected chi connectivity index (χ2v) is 7.97. The Hall–Kier alpha value is -1.19. The minimum atomic E-state index is -0.837. The molecule has 1 aliphatic heterocycles. The van der Waals surface area contributed by atoms with Crippen LogP contribution in [-0.4, -0.2) is 62.8 Å². The Morgan fingerprint density at radius 2 is 2.21 bits per heavy atom. The quantitative estimate of drug-likeness (QED) is 0.638. The summed E-state index contributed by atoms with van der Waals surface area (Å²) in [6, 6.07) is 0. The van der Waals surface area contributed by atoms with E-state index in [4.69, 9.17) is 0 Å². The molecule has 6 nitrogen and oxygen atoms in total. The fraction of sp³-hybridized carbons (Fsp3) is 0.600. The molecular formula is C15H23FN4O2S2.